The molecule has 0 radical (unpaired) electrons. The monoisotopic (exact) mass is 197 g/mol. The lowest BCUT2D eigenvalue weighted by molar-refractivity contribution is -0.167. The number of hydrogen-bond donors (Lipinski definition) is 0. The number of nitrogens with zero attached hydrogens (tertiary/aromatic N) is 1. The van der Waals surface area contributed by atoms with Crippen LogP contribution in [-0.4, -0.2) is 36.5 Å². The van der Waals surface area contributed by atoms with E-state index in [2.05, 4.69) is 11.7 Å². The van der Waals surface area contributed by atoms with Crippen LogP contribution in [0.3, 0.4) is 0 Å². The normalized spacial score (nSPS) is 26.1. The van der Waals surface area contributed by atoms with E-state index in [4.69, 9.17) is 0 Å². The van der Waals surface area contributed by atoms with Gasteiger partial charge >= 0.3 is 11.9 Å². The maximum absolute atomic E-state index is 11.0. The molecule has 78 valence electrons. The average molecular weight is 197 g/mol. The third-order valence-corrected chi connectivity index (χ3v) is 3.20. The fourth-order valence-electron chi connectivity index (χ4n) is 2.00. The Kier molecular flexibility index (Phi) is 2.31. The van der Waals surface area contributed by atoms with Crippen molar-refractivity contribution in [2.24, 2.45) is 5.41 Å². The van der Waals surface area contributed by atoms with E-state index in [-0.39, 0.29) is 13.1 Å². The van der Waals surface area contributed by atoms with Crippen LogP contribution >= 0.6 is 0 Å². The molecule has 1 saturated heterocycles. The van der Waals surface area contributed by atoms with Crippen molar-refractivity contribution >= 4 is 11.9 Å². The third-order valence-electron chi connectivity index (χ3n) is 3.20. The molecule has 4 nitrogen and oxygen atoms in total. The Bertz CT molecular complexity index is 255. The van der Waals surface area contributed by atoms with Gasteiger partial charge in [-0.1, -0.05) is 6.92 Å². The topological polar surface area (TPSA) is 46.6 Å². The van der Waals surface area contributed by atoms with E-state index < -0.39 is 11.9 Å². The van der Waals surface area contributed by atoms with Gasteiger partial charge in [-0.3, -0.25) is 14.5 Å². The highest BCUT2D eigenvalue weighted by molar-refractivity contribution is 5.90. The number of carbonyl (C=O) groups is 2. The summed E-state index contributed by atoms with van der Waals surface area (Å²) in [5.74, 6) is -0.818. The molecule has 0 aromatic heterocycles. The first-order valence-electron chi connectivity index (χ1n) is 5.09. The van der Waals surface area contributed by atoms with E-state index in [1.54, 1.807) is 0 Å². The van der Waals surface area contributed by atoms with E-state index in [0.717, 1.165) is 13.0 Å². The number of carbonyl (C=O) groups excluding carboxylic acids is 2. The van der Waals surface area contributed by atoms with Crippen molar-refractivity contribution in [1.29, 1.82) is 0 Å². The Hall–Kier alpha value is -0.900. The molecule has 1 aliphatic heterocycles. The van der Waals surface area contributed by atoms with E-state index in [1.807, 2.05) is 4.90 Å². The minimum absolute atomic E-state index is 0.271. The highest BCUT2D eigenvalue weighted by Crippen LogP contribution is 2.49. The minimum atomic E-state index is -0.409. The maximum Gasteiger partial charge on any atom is 0.327 e. The molecule has 0 bridgehead atoms. The molecule has 0 spiro atoms. The van der Waals surface area contributed by atoms with Gasteiger partial charge < -0.3 is 4.74 Å². The van der Waals surface area contributed by atoms with Crippen LogP contribution in [0.2, 0.25) is 0 Å². The smallest absolute Gasteiger partial charge is 0.327 e. The fraction of sp³-hybridized carbons (Fsp3) is 0.800. The largest absolute Gasteiger partial charge is 0.391 e. The van der Waals surface area contributed by atoms with Crippen LogP contribution in [0.4, 0.5) is 0 Å². The molecule has 1 saturated carbocycles. The first-order chi connectivity index (χ1) is 6.63. The van der Waals surface area contributed by atoms with Gasteiger partial charge in [-0.15, -0.1) is 0 Å². The van der Waals surface area contributed by atoms with Gasteiger partial charge in [0.2, 0.25) is 0 Å². The second-order valence-corrected chi connectivity index (χ2v) is 4.34. The Morgan fingerprint density at radius 1 is 1.29 bits per heavy atom. The highest BCUT2D eigenvalue weighted by atomic mass is 16.6. The lowest BCUT2D eigenvalue weighted by Gasteiger charge is -2.27. The summed E-state index contributed by atoms with van der Waals surface area (Å²) in [7, 11) is 0. The van der Waals surface area contributed by atoms with Gasteiger partial charge in [-0.25, -0.2) is 0 Å². The molecule has 0 amide bonds. The highest BCUT2D eigenvalue weighted by Gasteiger charge is 2.43. The molecule has 14 heavy (non-hydrogen) atoms. The predicted molar refractivity (Wildman–Crippen MR) is 49.5 cm³/mol. The number of rotatable bonds is 3. The van der Waals surface area contributed by atoms with Crippen LogP contribution < -0.4 is 0 Å². The zero-order chi connectivity index (χ0) is 10.2. The van der Waals surface area contributed by atoms with E-state index in [1.165, 1.54) is 12.8 Å². The fourth-order valence-corrected chi connectivity index (χ4v) is 2.00. The molecule has 2 aliphatic rings. The van der Waals surface area contributed by atoms with Gasteiger partial charge in [0, 0.05) is 6.54 Å². The zero-order valence-corrected chi connectivity index (χ0v) is 8.41. The van der Waals surface area contributed by atoms with E-state index >= 15 is 0 Å². The minimum Gasteiger partial charge on any atom is -0.391 e. The summed E-state index contributed by atoms with van der Waals surface area (Å²) >= 11 is 0. The molecule has 0 atom stereocenters. The Balaban J connectivity index is 1.91. The second-order valence-electron chi connectivity index (χ2n) is 4.34. The number of hydrogen-bond acceptors (Lipinski definition) is 4. The Labute approximate surface area is 83.2 Å². The average Bonchev–Trinajstić information content (AvgIpc) is 2.83. The first kappa shape index (κ1) is 9.65. The summed E-state index contributed by atoms with van der Waals surface area (Å²) in [6.07, 6.45) is 3.58. The number of cyclic esters (lactones) is 2. The molecule has 1 aliphatic carbocycles. The summed E-state index contributed by atoms with van der Waals surface area (Å²) in [6, 6.07) is 0. The van der Waals surface area contributed by atoms with Crippen molar-refractivity contribution in [3.8, 4) is 0 Å². The molecule has 4 heteroatoms. The third kappa shape index (κ3) is 1.95. The quantitative estimate of drug-likeness (QED) is 0.490. The molecule has 0 aromatic carbocycles. The van der Waals surface area contributed by atoms with Gasteiger partial charge in [-0.05, 0) is 24.7 Å². The molecular weight excluding hydrogens is 182 g/mol. The standard InChI is InChI=1S/C10H15NO3/c1-2-10(3-4-10)7-11-5-8(12)14-9(13)6-11/h2-7H2,1H3. The summed E-state index contributed by atoms with van der Waals surface area (Å²) in [4.78, 5) is 23.9. The van der Waals surface area contributed by atoms with E-state index in [9.17, 15) is 9.59 Å². The lowest BCUT2D eigenvalue weighted by atomic mass is 10.0. The van der Waals surface area contributed by atoms with E-state index in [0.29, 0.717) is 5.41 Å². The number of morpholine rings is 1. The van der Waals surface area contributed by atoms with Crippen LogP contribution in [0.15, 0.2) is 0 Å². The van der Waals surface area contributed by atoms with Crippen molar-refractivity contribution in [1.82, 2.24) is 4.90 Å². The van der Waals surface area contributed by atoms with Crippen LogP contribution in [-0.2, 0) is 14.3 Å². The van der Waals surface area contributed by atoms with Crippen LogP contribution in [0.25, 0.3) is 0 Å². The molecule has 0 aromatic rings. The van der Waals surface area contributed by atoms with Crippen molar-refractivity contribution < 1.29 is 14.3 Å². The molecule has 2 fully saturated rings. The predicted octanol–water partition coefficient (Wildman–Crippen LogP) is 0.562. The number of esters is 2. The summed E-state index contributed by atoms with van der Waals surface area (Å²) in [5, 5.41) is 0. The van der Waals surface area contributed by atoms with Gasteiger partial charge in [0.05, 0.1) is 13.1 Å². The van der Waals surface area contributed by atoms with Crippen molar-refractivity contribution in [2.45, 2.75) is 26.2 Å². The summed E-state index contributed by atoms with van der Waals surface area (Å²) < 4.78 is 4.47. The van der Waals surface area contributed by atoms with Crippen molar-refractivity contribution in [3.63, 3.8) is 0 Å². The molecule has 0 N–H and O–H groups in total. The molecule has 1 heterocycles. The molecule has 0 unspecified atom stereocenters. The van der Waals surface area contributed by atoms with Crippen molar-refractivity contribution in [3.05, 3.63) is 0 Å². The van der Waals surface area contributed by atoms with Gasteiger partial charge in [0.1, 0.15) is 0 Å². The van der Waals surface area contributed by atoms with Crippen LogP contribution in [0.1, 0.15) is 26.2 Å². The van der Waals surface area contributed by atoms with Crippen molar-refractivity contribution in [2.75, 3.05) is 19.6 Å². The Morgan fingerprint density at radius 3 is 2.29 bits per heavy atom. The Morgan fingerprint density at radius 2 is 1.86 bits per heavy atom. The first-order valence-corrected chi connectivity index (χ1v) is 5.09. The molecular formula is C10H15NO3. The second kappa shape index (κ2) is 3.35. The zero-order valence-electron chi connectivity index (χ0n) is 8.41. The SMILES string of the molecule is CCC1(CN2CC(=O)OC(=O)C2)CC1. The lowest BCUT2D eigenvalue weighted by Crippen LogP contribution is -2.45. The van der Waals surface area contributed by atoms with Gasteiger partial charge in [0.25, 0.3) is 0 Å². The maximum atomic E-state index is 11.0. The summed E-state index contributed by atoms with van der Waals surface area (Å²) in [6.45, 7) is 3.57. The van der Waals surface area contributed by atoms with Gasteiger partial charge in [-0.2, -0.15) is 0 Å². The van der Waals surface area contributed by atoms with Crippen LogP contribution in [0, 0.1) is 5.41 Å². The van der Waals surface area contributed by atoms with Gasteiger partial charge in [0.15, 0.2) is 0 Å². The number of ether oxygens (including phenoxy) is 1. The summed E-state index contributed by atoms with van der Waals surface area (Å²) in [5.41, 5.74) is 0.387. The van der Waals surface area contributed by atoms with Crippen LogP contribution in [0.5, 0.6) is 0 Å². The molecule has 2 rings (SSSR count).